The van der Waals surface area contributed by atoms with E-state index >= 15 is 0 Å². The highest BCUT2D eigenvalue weighted by Gasteiger charge is 2.33. The lowest BCUT2D eigenvalue weighted by Gasteiger charge is -2.37. The molecular formula is C22H23NO3S. The standard InChI is InChI=1S/C22H23NO3S/c1-25-18-6-4-7-19(26-2)22(18)17-5-3-8-21(24)23(17)14-15-9-10-20-16(13-15)11-12-27-20/h4,6-7,9-13,17H,3,5,8,14H2,1-2H3. The highest BCUT2D eigenvalue weighted by Crippen LogP contribution is 2.42. The molecule has 0 radical (unpaired) electrons. The molecule has 1 saturated heterocycles. The van der Waals surface area contributed by atoms with Crippen molar-refractivity contribution < 1.29 is 14.3 Å². The SMILES string of the molecule is COc1cccc(OC)c1C1CCCC(=O)N1Cc1ccc2sccc2c1. The summed E-state index contributed by atoms with van der Waals surface area (Å²) in [4.78, 5) is 14.8. The average molecular weight is 381 g/mol. The number of fused-ring (bicyclic) bond motifs is 1. The molecule has 0 spiro atoms. The maximum Gasteiger partial charge on any atom is 0.223 e. The number of hydrogen-bond acceptors (Lipinski definition) is 4. The Bertz CT molecular complexity index is 943. The smallest absolute Gasteiger partial charge is 0.223 e. The molecule has 27 heavy (non-hydrogen) atoms. The third-order valence-corrected chi connectivity index (χ3v) is 6.13. The lowest BCUT2D eigenvalue weighted by Crippen LogP contribution is -2.38. The number of hydrogen-bond donors (Lipinski definition) is 0. The normalized spacial score (nSPS) is 17.3. The number of methoxy groups -OCH3 is 2. The zero-order valence-electron chi connectivity index (χ0n) is 15.6. The number of carbonyl (C=O) groups is 1. The molecule has 1 aliphatic rings. The summed E-state index contributed by atoms with van der Waals surface area (Å²) >= 11 is 1.74. The Morgan fingerprint density at radius 2 is 1.89 bits per heavy atom. The summed E-state index contributed by atoms with van der Waals surface area (Å²) in [6.45, 7) is 0.594. The number of amides is 1. The molecule has 1 aliphatic heterocycles. The van der Waals surface area contributed by atoms with E-state index in [1.807, 2.05) is 23.1 Å². The number of likely N-dealkylation sites (tertiary alicyclic amines) is 1. The maximum atomic E-state index is 12.8. The van der Waals surface area contributed by atoms with Crippen molar-refractivity contribution in [1.82, 2.24) is 4.90 Å². The fourth-order valence-electron chi connectivity index (χ4n) is 3.94. The first-order chi connectivity index (χ1) is 13.2. The van der Waals surface area contributed by atoms with Gasteiger partial charge in [-0.15, -0.1) is 11.3 Å². The Morgan fingerprint density at radius 3 is 2.63 bits per heavy atom. The van der Waals surface area contributed by atoms with Gasteiger partial charge < -0.3 is 14.4 Å². The second-order valence-corrected chi connectivity index (χ2v) is 7.75. The molecule has 1 aromatic heterocycles. The monoisotopic (exact) mass is 381 g/mol. The summed E-state index contributed by atoms with van der Waals surface area (Å²) in [7, 11) is 3.33. The number of ether oxygens (including phenoxy) is 2. The predicted molar refractivity (Wildman–Crippen MR) is 109 cm³/mol. The Kier molecular flexibility index (Phi) is 5.03. The Labute approximate surface area is 163 Å². The van der Waals surface area contributed by atoms with Crippen molar-refractivity contribution in [2.45, 2.75) is 31.8 Å². The third-order valence-electron chi connectivity index (χ3n) is 5.23. The van der Waals surface area contributed by atoms with E-state index in [1.54, 1.807) is 25.6 Å². The van der Waals surface area contributed by atoms with Crippen molar-refractivity contribution in [2.24, 2.45) is 0 Å². The van der Waals surface area contributed by atoms with Crippen molar-refractivity contribution in [3.8, 4) is 11.5 Å². The summed E-state index contributed by atoms with van der Waals surface area (Å²) in [6.07, 6.45) is 2.38. The molecule has 1 unspecified atom stereocenters. The van der Waals surface area contributed by atoms with Crippen LogP contribution in [0.3, 0.4) is 0 Å². The van der Waals surface area contributed by atoms with E-state index in [2.05, 4.69) is 29.6 Å². The molecule has 0 bridgehead atoms. The van der Waals surface area contributed by atoms with E-state index in [1.165, 1.54) is 10.1 Å². The van der Waals surface area contributed by atoms with Gasteiger partial charge >= 0.3 is 0 Å². The van der Waals surface area contributed by atoms with Gasteiger partial charge in [0, 0.05) is 17.7 Å². The molecule has 1 amide bonds. The van der Waals surface area contributed by atoms with Crippen LogP contribution >= 0.6 is 11.3 Å². The highest BCUT2D eigenvalue weighted by atomic mass is 32.1. The van der Waals surface area contributed by atoms with Crippen LogP contribution in [-0.2, 0) is 11.3 Å². The van der Waals surface area contributed by atoms with Crippen LogP contribution < -0.4 is 9.47 Å². The van der Waals surface area contributed by atoms with Crippen LogP contribution in [0.2, 0.25) is 0 Å². The Hall–Kier alpha value is -2.53. The molecule has 4 rings (SSSR count). The molecule has 5 heteroatoms. The summed E-state index contributed by atoms with van der Waals surface area (Å²) in [6, 6.07) is 14.3. The van der Waals surface area contributed by atoms with Gasteiger partial charge in [-0.05, 0) is 59.5 Å². The van der Waals surface area contributed by atoms with E-state index < -0.39 is 0 Å². The van der Waals surface area contributed by atoms with Crippen LogP contribution in [0.4, 0.5) is 0 Å². The fourth-order valence-corrected chi connectivity index (χ4v) is 4.71. The van der Waals surface area contributed by atoms with Gasteiger partial charge in [0.05, 0.1) is 25.8 Å². The van der Waals surface area contributed by atoms with Crippen molar-refractivity contribution in [2.75, 3.05) is 14.2 Å². The van der Waals surface area contributed by atoms with Gasteiger partial charge in [-0.3, -0.25) is 4.79 Å². The molecule has 2 aromatic carbocycles. The molecule has 0 saturated carbocycles. The van der Waals surface area contributed by atoms with Gasteiger partial charge in [0.15, 0.2) is 0 Å². The number of benzene rings is 2. The predicted octanol–water partition coefficient (Wildman–Crippen LogP) is 5.17. The minimum absolute atomic E-state index is 0.0458. The molecule has 2 heterocycles. The second kappa shape index (κ2) is 7.61. The Balaban J connectivity index is 1.72. The van der Waals surface area contributed by atoms with Gasteiger partial charge in [-0.2, -0.15) is 0 Å². The van der Waals surface area contributed by atoms with Crippen molar-refractivity contribution in [3.63, 3.8) is 0 Å². The van der Waals surface area contributed by atoms with E-state index in [0.717, 1.165) is 35.5 Å². The van der Waals surface area contributed by atoms with Crippen LogP contribution in [0.5, 0.6) is 11.5 Å². The lowest BCUT2D eigenvalue weighted by atomic mass is 9.92. The first kappa shape index (κ1) is 17.9. The fraction of sp³-hybridized carbons (Fsp3) is 0.318. The number of carbonyl (C=O) groups excluding carboxylic acids is 1. The number of nitrogens with zero attached hydrogens (tertiary/aromatic N) is 1. The van der Waals surface area contributed by atoms with Crippen LogP contribution in [0, 0.1) is 0 Å². The first-order valence-corrected chi connectivity index (χ1v) is 10.1. The minimum Gasteiger partial charge on any atom is -0.496 e. The summed E-state index contributed by atoms with van der Waals surface area (Å²) in [5.41, 5.74) is 2.11. The number of thiophene rings is 1. The lowest BCUT2D eigenvalue weighted by molar-refractivity contribution is -0.137. The molecule has 1 fully saturated rings. The van der Waals surface area contributed by atoms with E-state index in [0.29, 0.717) is 13.0 Å². The van der Waals surface area contributed by atoms with E-state index in [-0.39, 0.29) is 11.9 Å². The van der Waals surface area contributed by atoms with Crippen molar-refractivity contribution in [1.29, 1.82) is 0 Å². The van der Waals surface area contributed by atoms with Gasteiger partial charge in [0.1, 0.15) is 11.5 Å². The van der Waals surface area contributed by atoms with Crippen LogP contribution in [0.15, 0.2) is 47.8 Å². The van der Waals surface area contributed by atoms with E-state index in [9.17, 15) is 4.79 Å². The van der Waals surface area contributed by atoms with Gasteiger partial charge in [0.25, 0.3) is 0 Å². The molecule has 0 aliphatic carbocycles. The van der Waals surface area contributed by atoms with E-state index in [4.69, 9.17) is 9.47 Å². The first-order valence-electron chi connectivity index (χ1n) is 9.17. The van der Waals surface area contributed by atoms with Crippen LogP contribution in [0.1, 0.15) is 36.4 Å². The average Bonchev–Trinajstić information content (AvgIpc) is 3.16. The molecule has 140 valence electrons. The molecular weight excluding hydrogens is 358 g/mol. The Morgan fingerprint density at radius 1 is 1.11 bits per heavy atom. The highest BCUT2D eigenvalue weighted by molar-refractivity contribution is 7.17. The molecule has 3 aromatic rings. The van der Waals surface area contributed by atoms with Crippen LogP contribution in [-0.4, -0.2) is 25.0 Å². The summed E-state index contributed by atoms with van der Waals surface area (Å²) in [5, 5.41) is 3.33. The zero-order valence-corrected chi connectivity index (χ0v) is 16.4. The van der Waals surface area contributed by atoms with Gasteiger partial charge in [-0.1, -0.05) is 12.1 Å². The van der Waals surface area contributed by atoms with Crippen molar-refractivity contribution in [3.05, 3.63) is 59.0 Å². The van der Waals surface area contributed by atoms with Crippen LogP contribution in [0.25, 0.3) is 10.1 Å². The zero-order chi connectivity index (χ0) is 18.8. The summed E-state index contributed by atoms with van der Waals surface area (Å²) in [5.74, 6) is 1.73. The molecule has 0 N–H and O–H groups in total. The number of rotatable bonds is 5. The number of piperidine rings is 1. The topological polar surface area (TPSA) is 38.8 Å². The third kappa shape index (κ3) is 3.39. The quantitative estimate of drug-likeness (QED) is 0.612. The molecule has 1 atom stereocenters. The molecule has 4 nitrogen and oxygen atoms in total. The largest absolute Gasteiger partial charge is 0.496 e. The van der Waals surface area contributed by atoms with Gasteiger partial charge in [-0.25, -0.2) is 0 Å². The van der Waals surface area contributed by atoms with Crippen molar-refractivity contribution >= 4 is 27.3 Å². The second-order valence-electron chi connectivity index (χ2n) is 6.80. The van der Waals surface area contributed by atoms with Gasteiger partial charge in [0.2, 0.25) is 5.91 Å². The summed E-state index contributed by atoms with van der Waals surface area (Å²) < 4.78 is 12.5. The minimum atomic E-state index is -0.0458. The maximum absolute atomic E-state index is 12.8.